The van der Waals surface area contributed by atoms with E-state index < -0.39 is 17.8 Å². The van der Waals surface area contributed by atoms with Gasteiger partial charge in [0.1, 0.15) is 0 Å². The number of benzene rings is 1. The summed E-state index contributed by atoms with van der Waals surface area (Å²) in [5.41, 5.74) is 1.59. The molecular weight excluding hydrogens is 278 g/mol. The molecule has 2 aromatic rings. The van der Waals surface area contributed by atoms with Gasteiger partial charge in [-0.25, -0.2) is 4.79 Å². The van der Waals surface area contributed by atoms with Crippen LogP contribution in [0.1, 0.15) is 36.6 Å². The maximum absolute atomic E-state index is 12.0. The molecule has 0 radical (unpaired) electrons. The van der Waals surface area contributed by atoms with E-state index in [4.69, 9.17) is 4.84 Å². The minimum atomic E-state index is -0.710. The molecule has 1 aliphatic heterocycles. The quantitative estimate of drug-likeness (QED) is 0.796. The molecule has 1 aromatic carbocycles. The number of rotatable bonds is 2. The fraction of sp³-hybridized carbons (Fsp3) is 0.0714. The van der Waals surface area contributed by atoms with Gasteiger partial charge in [0.2, 0.25) is 0 Å². The summed E-state index contributed by atoms with van der Waals surface area (Å²) in [5, 5.41) is 3.93. The fourth-order valence-corrected chi connectivity index (χ4v) is 2.77. The summed E-state index contributed by atoms with van der Waals surface area (Å²) in [6.07, 6.45) is 0. The van der Waals surface area contributed by atoms with Gasteiger partial charge in [0.05, 0.1) is 16.7 Å². The third kappa shape index (κ3) is 1.81. The van der Waals surface area contributed by atoms with Crippen molar-refractivity contribution in [1.29, 1.82) is 0 Å². The molecule has 0 atom stereocenters. The van der Waals surface area contributed by atoms with E-state index in [0.717, 1.165) is 5.56 Å². The number of carbonyl (C=O) groups is 3. The smallest absolute Gasteiger partial charge is 0.324 e. The van der Waals surface area contributed by atoms with Gasteiger partial charge < -0.3 is 4.84 Å². The first kappa shape index (κ1) is 12.6. The third-order valence-corrected chi connectivity index (χ3v) is 3.87. The summed E-state index contributed by atoms with van der Waals surface area (Å²) in [4.78, 5) is 41.0. The maximum atomic E-state index is 12.0. The predicted octanol–water partition coefficient (Wildman–Crippen LogP) is 2.42. The molecule has 0 bridgehead atoms. The topological polar surface area (TPSA) is 63.7 Å². The molecule has 0 spiro atoms. The molecule has 5 nitrogen and oxygen atoms in total. The summed E-state index contributed by atoms with van der Waals surface area (Å²) in [6, 6.07) is 6.36. The standard InChI is InChI=1S/C14H9NO4S/c1-8-6-20-7-11(8)14(18)19-15-12(16)9-4-2-3-5-10(9)13(15)17/h2-7H,1H3. The number of thiophene rings is 1. The Morgan fingerprint density at radius 3 is 2.20 bits per heavy atom. The lowest BCUT2D eigenvalue weighted by Crippen LogP contribution is -2.32. The van der Waals surface area contributed by atoms with E-state index >= 15 is 0 Å². The van der Waals surface area contributed by atoms with Crippen molar-refractivity contribution in [2.24, 2.45) is 0 Å². The molecule has 6 heteroatoms. The van der Waals surface area contributed by atoms with Gasteiger partial charge in [0.15, 0.2) is 0 Å². The summed E-state index contributed by atoms with van der Waals surface area (Å²) in [6.45, 7) is 1.76. The Balaban J connectivity index is 1.87. The van der Waals surface area contributed by atoms with Crippen LogP contribution in [0.5, 0.6) is 0 Å². The molecule has 1 aliphatic rings. The van der Waals surface area contributed by atoms with Gasteiger partial charge in [0.25, 0.3) is 11.8 Å². The van der Waals surface area contributed by atoms with Crippen LogP contribution in [0.2, 0.25) is 0 Å². The lowest BCUT2D eigenvalue weighted by atomic mass is 10.1. The Hall–Kier alpha value is -2.47. The monoisotopic (exact) mass is 287 g/mol. The summed E-state index contributed by atoms with van der Waals surface area (Å²) in [7, 11) is 0. The molecule has 0 saturated carbocycles. The zero-order valence-electron chi connectivity index (χ0n) is 10.5. The van der Waals surface area contributed by atoms with Crippen LogP contribution in [0.3, 0.4) is 0 Å². The first-order valence-corrected chi connectivity index (χ1v) is 6.77. The number of fused-ring (bicyclic) bond motifs is 1. The average Bonchev–Trinajstić information content (AvgIpc) is 2.97. The van der Waals surface area contributed by atoms with Crippen LogP contribution in [-0.2, 0) is 4.84 Å². The maximum Gasteiger partial charge on any atom is 0.365 e. The summed E-state index contributed by atoms with van der Waals surface area (Å²) in [5.74, 6) is -1.95. The highest BCUT2D eigenvalue weighted by Crippen LogP contribution is 2.24. The van der Waals surface area contributed by atoms with Gasteiger partial charge in [-0.3, -0.25) is 9.59 Å². The van der Waals surface area contributed by atoms with E-state index in [0.29, 0.717) is 10.6 Å². The molecule has 0 saturated heterocycles. The van der Waals surface area contributed by atoms with Crippen LogP contribution in [0.15, 0.2) is 35.0 Å². The Labute approximate surface area is 118 Å². The molecule has 3 rings (SSSR count). The third-order valence-electron chi connectivity index (χ3n) is 3.01. The van der Waals surface area contributed by atoms with Crippen molar-refractivity contribution in [2.45, 2.75) is 6.92 Å². The Kier molecular flexibility index (Phi) is 2.87. The van der Waals surface area contributed by atoms with E-state index in [1.807, 2.05) is 0 Å². The van der Waals surface area contributed by atoms with Gasteiger partial charge in [-0.05, 0) is 30.0 Å². The highest BCUT2D eigenvalue weighted by molar-refractivity contribution is 7.08. The molecule has 2 amide bonds. The number of amides is 2. The molecule has 1 aromatic heterocycles. The number of hydrogen-bond donors (Lipinski definition) is 0. The molecule has 20 heavy (non-hydrogen) atoms. The number of aryl methyl sites for hydroxylation is 1. The molecule has 2 heterocycles. The van der Waals surface area contributed by atoms with Crippen molar-refractivity contribution < 1.29 is 19.2 Å². The highest BCUT2D eigenvalue weighted by Gasteiger charge is 2.38. The zero-order chi connectivity index (χ0) is 14.3. The highest BCUT2D eigenvalue weighted by atomic mass is 32.1. The van der Waals surface area contributed by atoms with Crippen molar-refractivity contribution in [3.63, 3.8) is 0 Å². The zero-order valence-corrected chi connectivity index (χ0v) is 11.3. The van der Waals surface area contributed by atoms with E-state index in [9.17, 15) is 14.4 Å². The average molecular weight is 287 g/mol. The first-order chi connectivity index (χ1) is 9.59. The number of imide groups is 1. The summed E-state index contributed by atoms with van der Waals surface area (Å²) >= 11 is 1.35. The van der Waals surface area contributed by atoms with Crippen LogP contribution in [0.25, 0.3) is 0 Å². The first-order valence-electron chi connectivity index (χ1n) is 5.82. The van der Waals surface area contributed by atoms with Gasteiger partial charge in [-0.15, -0.1) is 0 Å². The van der Waals surface area contributed by atoms with E-state index in [2.05, 4.69) is 0 Å². The normalized spacial score (nSPS) is 13.6. The molecule has 100 valence electrons. The van der Waals surface area contributed by atoms with Crippen molar-refractivity contribution in [2.75, 3.05) is 0 Å². The lowest BCUT2D eigenvalue weighted by molar-refractivity contribution is -0.0584. The van der Waals surface area contributed by atoms with Crippen molar-refractivity contribution in [3.05, 3.63) is 57.3 Å². The molecular formula is C14H9NO4S. The van der Waals surface area contributed by atoms with Crippen molar-refractivity contribution in [3.8, 4) is 0 Å². The Morgan fingerprint density at radius 2 is 1.70 bits per heavy atom. The van der Waals surface area contributed by atoms with Crippen LogP contribution in [0, 0.1) is 6.92 Å². The number of hydrogen-bond acceptors (Lipinski definition) is 5. The largest absolute Gasteiger partial charge is 0.365 e. The molecule has 0 fully saturated rings. The van der Waals surface area contributed by atoms with E-state index in [1.165, 1.54) is 23.5 Å². The Morgan fingerprint density at radius 1 is 1.10 bits per heavy atom. The summed E-state index contributed by atoms with van der Waals surface area (Å²) < 4.78 is 0. The fourth-order valence-electron chi connectivity index (χ4n) is 1.95. The second kappa shape index (κ2) is 4.57. The van der Waals surface area contributed by atoms with Crippen LogP contribution in [-0.4, -0.2) is 22.8 Å². The predicted molar refractivity (Wildman–Crippen MR) is 71.4 cm³/mol. The SMILES string of the molecule is Cc1cscc1C(=O)ON1C(=O)c2ccccc2C1=O. The second-order valence-electron chi connectivity index (χ2n) is 4.30. The van der Waals surface area contributed by atoms with E-state index in [1.54, 1.807) is 29.8 Å². The number of carbonyl (C=O) groups excluding carboxylic acids is 3. The minimum Gasteiger partial charge on any atom is -0.324 e. The number of nitrogens with zero attached hydrogens (tertiary/aromatic N) is 1. The Bertz CT molecular complexity index is 699. The number of hydroxylamine groups is 2. The van der Waals surface area contributed by atoms with Gasteiger partial charge in [-0.1, -0.05) is 17.2 Å². The molecule has 0 N–H and O–H groups in total. The molecule has 0 aliphatic carbocycles. The van der Waals surface area contributed by atoms with Gasteiger partial charge in [-0.2, -0.15) is 11.3 Å². The lowest BCUT2D eigenvalue weighted by Gasteiger charge is -2.12. The van der Waals surface area contributed by atoms with E-state index in [-0.39, 0.29) is 11.1 Å². The van der Waals surface area contributed by atoms with Crippen LogP contribution < -0.4 is 0 Å². The molecule has 0 unspecified atom stereocenters. The van der Waals surface area contributed by atoms with Crippen LogP contribution in [0.4, 0.5) is 0 Å². The minimum absolute atomic E-state index is 0.243. The van der Waals surface area contributed by atoms with Crippen LogP contribution >= 0.6 is 11.3 Å². The van der Waals surface area contributed by atoms with Crippen molar-refractivity contribution >= 4 is 29.1 Å². The van der Waals surface area contributed by atoms with Crippen molar-refractivity contribution in [1.82, 2.24) is 5.06 Å². The van der Waals surface area contributed by atoms with Gasteiger partial charge in [0, 0.05) is 5.38 Å². The second-order valence-corrected chi connectivity index (χ2v) is 5.04. The van der Waals surface area contributed by atoms with Gasteiger partial charge >= 0.3 is 5.97 Å².